The number of rotatable bonds is 6. The summed E-state index contributed by atoms with van der Waals surface area (Å²) in [5, 5.41) is 6.96. The van der Waals surface area contributed by atoms with E-state index in [0.717, 1.165) is 0 Å². The molecule has 0 spiro atoms. The first-order valence-electron chi connectivity index (χ1n) is 8.96. The van der Waals surface area contributed by atoms with Gasteiger partial charge in [-0.1, -0.05) is 35.9 Å². The van der Waals surface area contributed by atoms with Crippen LogP contribution in [-0.4, -0.2) is 45.5 Å². The lowest BCUT2D eigenvalue weighted by molar-refractivity contribution is -0.137. The van der Waals surface area contributed by atoms with E-state index < -0.39 is 29.6 Å². The molecule has 1 heterocycles. The predicted molar refractivity (Wildman–Crippen MR) is 111 cm³/mol. The predicted octanol–water partition coefficient (Wildman–Crippen LogP) is 2.41. The molecule has 0 aliphatic carbocycles. The van der Waals surface area contributed by atoms with Crippen molar-refractivity contribution < 1.29 is 18.8 Å². The van der Waals surface area contributed by atoms with Gasteiger partial charge in [-0.05, 0) is 25.1 Å². The highest BCUT2D eigenvalue weighted by molar-refractivity contribution is 6.31. The second kappa shape index (κ2) is 8.50. The van der Waals surface area contributed by atoms with Gasteiger partial charge in [-0.25, -0.2) is 4.39 Å². The number of likely N-dealkylation sites (N-methyl/N-ethyl adjacent to an activating group) is 1. The van der Waals surface area contributed by atoms with E-state index in [0.29, 0.717) is 10.9 Å². The number of fused-ring (bicyclic) bond motifs is 1. The number of nitrogens with zero attached hydrogens (tertiary/aromatic N) is 3. The molecule has 0 aliphatic heterocycles. The summed E-state index contributed by atoms with van der Waals surface area (Å²) in [4.78, 5) is 38.0. The van der Waals surface area contributed by atoms with E-state index in [9.17, 15) is 18.8 Å². The monoisotopic (exact) mass is 431 g/mol. The van der Waals surface area contributed by atoms with Crippen LogP contribution in [0.1, 0.15) is 17.4 Å². The fourth-order valence-corrected chi connectivity index (χ4v) is 3.07. The molecular formula is C20H19ClFN5O3. The number of amides is 3. The van der Waals surface area contributed by atoms with E-state index in [4.69, 9.17) is 17.3 Å². The third-order valence-corrected chi connectivity index (χ3v) is 5.03. The molecule has 3 N–H and O–H groups in total. The van der Waals surface area contributed by atoms with E-state index in [1.807, 2.05) is 0 Å². The first kappa shape index (κ1) is 21.3. The summed E-state index contributed by atoms with van der Waals surface area (Å²) in [6.07, 6.45) is 0. The highest BCUT2D eigenvalue weighted by Gasteiger charge is 2.25. The van der Waals surface area contributed by atoms with Crippen LogP contribution in [0.25, 0.3) is 10.9 Å². The molecule has 156 valence electrons. The van der Waals surface area contributed by atoms with Gasteiger partial charge in [0.05, 0.1) is 16.2 Å². The lowest BCUT2D eigenvalue weighted by Crippen LogP contribution is -2.44. The van der Waals surface area contributed by atoms with Crippen LogP contribution in [0.15, 0.2) is 42.5 Å². The van der Waals surface area contributed by atoms with Crippen LogP contribution >= 0.6 is 11.6 Å². The van der Waals surface area contributed by atoms with E-state index in [1.165, 1.54) is 41.8 Å². The second-order valence-electron chi connectivity index (χ2n) is 6.66. The van der Waals surface area contributed by atoms with Gasteiger partial charge in [-0.2, -0.15) is 5.10 Å². The quantitative estimate of drug-likeness (QED) is 0.624. The number of primary amides is 1. The topological polar surface area (TPSA) is 110 Å². The number of hydrogen-bond donors (Lipinski definition) is 2. The van der Waals surface area contributed by atoms with Gasteiger partial charge < -0.3 is 16.0 Å². The standard InChI is InChI=1S/C20H19ClFN5O3/c1-11(20(30)24-14-8-5-7-13(21)17(14)22)26(2)16(28)10-27-15-9-4-3-6-12(15)18(25-27)19(23)29/h3-9,11H,10H2,1-2H3,(H2,23,29)(H,24,30). The number of hydrogen-bond acceptors (Lipinski definition) is 4. The Balaban J connectivity index is 1.75. The molecule has 3 aromatic rings. The zero-order chi connectivity index (χ0) is 22.0. The van der Waals surface area contributed by atoms with E-state index in [1.54, 1.807) is 24.3 Å². The van der Waals surface area contributed by atoms with Gasteiger partial charge in [0.2, 0.25) is 11.8 Å². The third kappa shape index (κ3) is 4.11. The molecule has 3 amide bonds. The zero-order valence-corrected chi connectivity index (χ0v) is 17.0. The summed E-state index contributed by atoms with van der Waals surface area (Å²) in [5.41, 5.74) is 5.91. The molecule has 30 heavy (non-hydrogen) atoms. The molecule has 2 aromatic carbocycles. The maximum absolute atomic E-state index is 14.0. The normalized spacial score (nSPS) is 11.9. The van der Waals surface area contributed by atoms with Crippen molar-refractivity contribution in [3.63, 3.8) is 0 Å². The Labute approximate surface area is 176 Å². The number of aromatic nitrogens is 2. The Hall–Kier alpha value is -3.46. The van der Waals surface area contributed by atoms with Gasteiger partial charge in [-0.15, -0.1) is 0 Å². The first-order chi connectivity index (χ1) is 14.2. The van der Waals surface area contributed by atoms with Crippen molar-refractivity contribution in [3.8, 4) is 0 Å². The molecule has 0 bridgehead atoms. The summed E-state index contributed by atoms with van der Waals surface area (Å²) < 4.78 is 15.4. The number of anilines is 1. The number of para-hydroxylation sites is 1. The Bertz CT molecular complexity index is 1150. The molecule has 0 aliphatic rings. The van der Waals surface area contributed by atoms with Crippen LogP contribution in [0.4, 0.5) is 10.1 Å². The highest BCUT2D eigenvalue weighted by atomic mass is 35.5. The maximum atomic E-state index is 14.0. The van der Waals surface area contributed by atoms with Crippen LogP contribution in [0.2, 0.25) is 5.02 Å². The number of carbonyl (C=O) groups is 3. The van der Waals surface area contributed by atoms with Gasteiger partial charge in [-0.3, -0.25) is 19.1 Å². The fraction of sp³-hybridized carbons (Fsp3) is 0.200. The second-order valence-corrected chi connectivity index (χ2v) is 7.07. The zero-order valence-electron chi connectivity index (χ0n) is 16.2. The summed E-state index contributed by atoms with van der Waals surface area (Å²) in [6, 6.07) is 10.2. The summed E-state index contributed by atoms with van der Waals surface area (Å²) in [6.45, 7) is 1.29. The molecule has 0 saturated heterocycles. The van der Waals surface area contributed by atoms with Crippen LogP contribution in [0.3, 0.4) is 0 Å². The molecule has 1 aromatic heterocycles. The van der Waals surface area contributed by atoms with E-state index >= 15 is 0 Å². The van der Waals surface area contributed by atoms with Gasteiger partial charge in [0.25, 0.3) is 5.91 Å². The molecule has 0 fully saturated rings. The number of halogens is 2. The molecule has 10 heteroatoms. The summed E-state index contributed by atoms with van der Waals surface area (Å²) >= 11 is 5.72. The first-order valence-corrected chi connectivity index (χ1v) is 9.34. The minimum Gasteiger partial charge on any atom is -0.364 e. The average molecular weight is 432 g/mol. The third-order valence-electron chi connectivity index (χ3n) is 4.74. The Morgan fingerprint density at radius 1 is 1.23 bits per heavy atom. The molecular weight excluding hydrogens is 413 g/mol. The SMILES string of the molecule is CC(C(=O)Nc1cccc(Cl)c1F)N(C)C(=O)Cn1nc(C(N)=O)c2ccccc21. The lowest BCUT2D eigenvalue weighted by Gasteiger charge is -2.24. The van der Waals surface area contributed by atoms with Gasteiger partial charge >= 0.3 is 0 Å². The van der Waals surface area contributed by atoms with Crippen molar-refractivity contribution in [2.24, 2.45) is 5.73 Å². The van der Waals surface area contributed by atoms with Crippen molar-refractivity contribution in [1.29, 1.82) is 0 Å². The number of nitrogens with one attached hydrogen (secondary N) is 1. The van der Waals surface area contributed by atoms with E-state index in [-0.39, 0.29) is 22.9 Å². The van der Waals surface area contributed by atoms with Crippen LogP contribution in [-0.2, 0) is 16.1 Å². The molecule has 0 saturated carbocycles. The van der Waals surface area contributed by atoms with Crippen molar-refractivity contribution in [2.75, 3.05) is 12.4 Å². The Morgan fingerprint density at radius 3 is 2.63 bits per heavy atom. The number of nitrogens with two attached hydrogens (primary N) is 1. The fourth-order valence-electron chi connectivity index (χ4n) is 2.90. The van der Waals surface area contributed by atoms with Crippen LogP contribution < -0.4 is 11.1 Å². The molecule has 0 radical (unpaired) electrons. The van der Waals surface area contributed by atoms with Gasteiger partial charge in [0, 0.05) is 12.4 Å². The van der Waals surface area contributed by atoms with Crippen molar-refractivity contribution in [1.82, 2.24) is 14.7 Å². The summed E-state index contributed by atoms with van der Waals surface area (Å²) in [5.74, 6) is -2.48. The van der Waals surface area contributed by atoms with Crippen molar-refractivity contribution in [2.45, 2.75) is 19.5 Å². The molecule has 1 atom stereocenters. The van der Waals surface area contributed by atoms with E-state index in [2.05, 4.69) is 10.4 Å². The Morgan fingerprint density at radius 2 is 1.93 bits per heavy atom. The minimum atomic E-state index is -0.909. The van der Waals surface area contributed by atoms with Crippen molar-refractivity contribution >= 4 is 45.9 Å². The van der Waals surface area contributed by atoms with Gasteiger partial charge in [0.1, 0.15) is 12.6 Å². The van der Waals surface area contributed by atoms with Crippen molar-refractivity contribution in [3.05, 3.63) is 59.0 Å². The molecule has 3 rings (SSSR count). The van der Waals surface area contributed by atoms with Crippen LogP contribution in [0, 0.1) is 5.82 Å². The summed E-state index contributed by atoms with van der Waals surface area (Å²) in [7, 11) is 1.45. The smallest absolute Gasteiger partial charge is 0.269 e. The highest BCUT2D eigenvalue weighted by Crippen LogP contribution is 2.22. The average Bonchev–Trinajstić information content (AvgIpc) is 3.09. The maximum Gasteiger partial charge on any atom is 0.269 e. The number of benzene rings is 2. The van der Waals surface area contributed by atoms with Gasteiger partial charge in [0.15, 0.2) is 11.5 Å². The van der Waals surface area contributed by atoms with Crippen LogP contribution in [0.5, 0.6) is 0 Å². The molecule has 8 nitrogen and oxygen atoms in total. The number of carbonyl (C=O) groups excluding carboxylic acids is 3. The molecule has 1 unspecified atom stereocenters. The minimum absolute atomic E-state index is 0.0586. The largest absolute Gasteiger partial charge is 0.364 e. The lowest BCUT2D eigenvalue weighted by atomic mass is 10.2. The Kier molecular flexibility index (Phi) is 6.02.